The molecule has 0 fully saturated rings. The van der Waals surface area contributed by atoms with Gasteiger partial charge in [0.25, 0.3) is 0 Å². The van der Waals surface area contributed by atoms with E-state index in [0.717, 1.165) is 6.07 Å². The molecule has 0 aromatic heterocycles. The summed E-state index contributed by atoms with van der Waals surface area (Å²) in [5.41, 5.74) is 0.128. The van der Waals surface area contributed by atoms with Crippen molar-refractivity contribution in [3.8, 4) is 0 Å². The molecule has 0 saturated heterocycles. The third-order valence-corrected chi connectivity index (χ3v) is 2.50. The molecule has 1 unspecified atom stereocenters. The maximum Gasteiger partial charge on any atom is 0.149 e. The molecule has 1 atom stereocenters. The lowest BCUT2D eigenvalue weighted by atomic mass is 10.3. The molecule has 0 aliphatic heterocycles. The van der Waals surface area contributed by atoms with Crippen LogP contribution in [0.4, 0.5) is 14.5 Å². The van der Waals surface area contributed by atoms with Crippen molar-refractivity contribution in [3.05, 3.63) is 28.2 Å². The standard InChI is InChI=1S/C10H12BrF2NO2/c1-16-5-6(15)4-14-10-2-7(11)8(12)3-9(10)13/h2-3,6,14-15H,4-5H2,1H3. The molecule has 0 spiro atoms. The lowest BCUT2D eigenvalue weighted by molar-refractivity contribution is 0.0727. The van der Waals surface area contributed by atoms with Crippen LogP contribution in [0.5, 0.6) is 0 Å². The van der Waals surface area contributed by atoms with Gasteiger partial charge < -0.3 is 15.2 Å². The van der Waals surface area contributed by atoms with E-state index in [1.807, 2.05) is 0 Å². The van der Waals surface area contributed by atoms with Crippen LogP contribution < -0.4 is 5.32 Å². The van der Waals surface area contributed by atoms with E-state index >= 15 is 0 Å². The van der Waals surface area contributed by atoms with E-state index in [4.69, 9.17) is 4.74 Å². The Hall–Kier alpha value is -0.720. The number of rotatable bonds is 5. The van der Waals surface area contributed by atoms with Crippen LogP contribution in [-0.2, 0) is 4.74 Å². The van der Waals surface area contributed by atoms with Gasteiger partial charge in [-0.3, -0.25) is 0 Å². The Morgan fingerprint density at radius 2 is 2.12 bits per heavy atom. The van der Waals surface area contributed by atoms with Crippen molar-refractivity contribution in [1.82, 2.24) is 0 Å². The van der Waals surface area contributed by atoms with Gasteiger partial charge in [-0.25, -0.2) is 8.78 Å². The maximum atomic E-state index is 13.2. The topological polar surface area (TPSA) is 41.5 Å². The monoisotopic (exact) mass is 295 g/mol. The number of ether oxygens (including phenoxy) is 1. The first-order valence-corrected chi connectivity index (χ1v) is 5.39. The summed E-state index contributed by atoms with van der Waals surface area (Å²) >= 11 is 2.95. The number of hydrogen-bond donors (Lipinski definition) is 2. The summed E-state index contributed by atoms with van der Waals surface area (Å²) in [5, 5.41) is 12.0. The normalized spacial score (nSPS) is 12.6. The molecular formula is C10H12BrF2NO2. The number of hydrogen-bond acceptors (Lipinski definition) is 3. The predicted octanol–water partition coefficient (Wildman–Crippen LogP) is 2.15. The van der Waals surface area contributed by atoms with Crippen LogP contribution in [0.2, 0.25) is 0 Å². The Balaban J connectivity index is 2.63. The SMILES string of the molecule is COCC(O)CNc1cc(Br)c(F)cc1F. The Labute approximate surface area is 101 Å². The number of aliphatic hydroxyl groups is 1. The molecule has 0 radical (unpaired) electrons. The molecule has 0 aliphatic rings. The van der Waals surface area contributed by atoms with Crippen LogP contribution in [0.15, 0.2) is 16.6 Å². The fraction of sp³-hybridized carbons (Fsp3) is 0.400. The van der Waals surface area contributed by atoms with Gasteiger partial charge in [-0.05, 0) is 22.0 Å². The Kier molecular flexibility index (Phi) is 5.11. The first-order valence-electron chi connectivity index (χ1n) is 4.60. The van der Waals surface area contributed by atoms with Crippen molar-refractivity contribution >= 4 is 21.6 Å². The molecular weight excluding hydrogens is 284 g/mol. The van der Waals surface area contributed by atoms with Gasteiger partial charge in [0.1, 0.15) is 11.6 Å². The second kappa shape index (κ2) is 6.12. The summed E-state index contributed by atoms with van der Waals surface area (Å²) in [6.45, 7) is 0.278. The molecule has 1 aromatic rings. The van der Waals surface area contributed by atoms with Crippen LogP contribution in [0, 0.1) is 11.6 Å². The molecule has 16 heavy (non-hydrogen) atoms. The molecule has 3 nitrogen and oxygen atoms in total. The van der Waals surface area contributed by atoms with Gasteiger partial charge in [0.05, 0.1) is 22.9 Å². The van der Waals surface area contributed by atoms with Crippen LogP contribution in [0.3, 0.4) is 0 Å². The summed E-state index contributed by atoms with van der Waals surface area (Å²) in [6.07, 6.45) is -0.742. The van der Waals surface area contributed by atoms with Crippen molar-refractivity contribution in [2.45, 2.75) is 6.10 Å². The van der Waals surface area contributed by atoms with E-state index in [0.29, 0.717) is 0 Å². The molecule has 2 N–H and O–H groups in total. The second-order valence-corrected chi connectivity index (χ2v) is 4.09. The highest BCUT2D eigenvalue weighted by atomic mass is 79.9. The van der Waals surface area contributed by atoms with Gasteiger partial charge >= 0.3 is 0 Å². The van der Waals surface area contributed by atoms with E-state index < -0.39 is 17.7 Å². The summed E-state index contributed by atoms with van der Waals surface area (Å²) in [6, 6.07) is 2.05. The van der Waals surface area contributed by atoms with Crippen molar-refractivity contribution < 1.29 is 18.6 Å². The zero-order valence-electron chi connectivity index (χ0n) is 8.64. The van der Waals surface area contributed by atoms with Crippen molar-refractivity contribution in [3.63, 3.8) is 0 Å². The molecule has 0 aliphatic carbocycles. The minimum Gasteiger partial charge on any atom is -0.389 e. The molecule has 0 saturated carbocycles. The third kappa shape index (κ3) is 3.70. The minimum atomic E-state index is -0.742. The van der Waals surface area contributed by atoms with Crippen LogP contribution in [0.25, 0.3) is 0 Å². The second-order valence-electron chi connectivity index (χ2n) is 3.24. The molecule has 1 aromatic carbocycles. The van der Waals surface area contributed by atoms with Gasteiger partial charge in [0, 0.05) is 19.7 Å². The van der Waals surface area contributed by atoms with Crippen LogP contribution in [-0.4, -0.2) is 31.5 Å². The highest BCUT2D eigenvalue weighted by Gasteiger charge is 2.09. The molecule has 0 bridgehead atoms. The fourth-order valence-corrected chi connectivity index (χ4v) is 1.48. The largest absolute Gasteiger partial charge is 0.389 e. The van der Waals surface area contributed by atoms with Crippen LogP contribution >= 0.6 is 15.9 Å². The lowest BCUT2D eigenvalue weighted by Crippen LogP contribution is -2.24. The predicted molar refractivity (Wildman–Crippen MR) is 60.4 cm³/mol. The van der Waals surface area contributed by atoms with Gasteiger partial charge in [-0.15, -0.1) is 0 Å². The molecule has 90 valence electrons. The molecule has 0 amide bonds. The van der Waals surface area contributed by atoms with E-state index in [1.54, 1.807) is 0 Å². The van der Waals surface area contributed by atoms with Gasteiger partial charge in [-0.1, -0.05) is 0 Å². The first-order chi connectivity index (χ1) is 7.54. The summed E-state index contributed by atoms with van der Waals surface area (Å²) in [7, 11) is 1.46. The number of anilines is 1. The van der Waals surface area contributed by atoms with E-state index in [1.165, 1.54) is 13.2 Å². The zero-order chi connectivity index (χ0) is 12.1. The highest BCUT2D eigenvalue weighted by Crippen LogP contribution is 2.23. The van der Waals surface area contributed by atoms with Gasteiger partial charge in [0.15, 0.2) is 0 Å². The lowest BCUT2D eigenvalue weighted by Gasteiger charge is -2.12. The zero-order valence-corrected chi connectivity index (χ0v) is 10.2. The Morgan fingerprint density at radius 1 is 1.44 bits per heavy atom. The average molecular weight is 296 g/mol. The van der Waals surface area contributed by atoms with Crippen molar-refractivity contribution in [2.75, 3.05) is 25.6 Å². The van der Waals surface area contributed by atoms with E-state index in [2.05, 4.69) is 21.2 Å². The van der Waals surface area contributed by atoms with Gasteiger partial charge in [-0.2, -0.15) is 0 Å². The minimum absolute atomic E-state index is 0.128. The number of halogens is 3. The van der Waals surface area contributed by atoms with Gasteiger partial charge in [0.2, 0.25) is 0 Å². The average Bonchev–Trinajstić information content (AvgIpc) is 2.22. The molecule has 1 rings (SSSR count). The van der Waals surface area contributed by atoms with Crippen molar-refractivity contribution in [2.24, 2.45) is 0 Å². The maximum absolute atomic E-state index is 13.2. The molecule has 0 heterocycles. The van der Waals surface area contributed by atoms with E-state index in [9.17, 15) is 13.9 Å². The number of methoxy groups -OCH3 is 1. The molecule has 6 heteroatoms. The smallest absolute Gasteiger partial charge is 0.149 e. The summed E-state index contributed by atoms with van der Waals surface area (Å²) in [4.78, 5) is 0. The fourth-order valence-electron chi connectivity index (χ4n) is 1.14. The number of nitrogens with one attached hydrogen (secondary N) is 1. The third-order valence-electron chi connectivity index (χ3n) is 1.90. The Morgan fingerprint density at radius 3 is 2.75 bits per heavy atom. The number of aliphatic hydroxyl groups excluding tert-OH is 1. The summed E-state index contributed by atoms with van der Waals surface area (Å²) in [5.74, 6) is -1.37. The summed E-state index contributed by atoms with van der Waals surface area (Å²) < 4.78 is 31.0. The quantitative estimate of drug-likeness (QED) is 0.818. The highest BCUT2D eigenvalue weighted by molar-refractivity contribution is 9.10. The first kappa shape index (κ1) is 13.3. The number of benzene rings is 1. The van der Waals surface area contributed by atoms with Crippen molar-refractivity contribution in [1.29, 1.82) is 0 Å². The van der Waals surface area contributed by atoms with Crippen LogP contribution in [0.1, 0.15) is 0 Å². The van der Waals surface area contributed by atoms with E-state index in [-0.39, 0.29) is 23.3 Å². The Bertz CT molecular complexity index is 363.